The lowest BCUT2D eigenvalue weighted by molar-refractivity contribution is 0.0473. The quantitative estimate of drug-likeness (QED) is 0.820. The van der Waals surface area contributed by atoms with Crippen LogP contribution in [0.5, 0.6) is 0 Å². The summed E-state index contributed by atoms with van der Waals surface area (Å²) in [4.78, 5) is 17.1. The Hall–Kier alpha value is -1.86. The zero-order valence-corrected chi connectivity index (χ0v) is 11.7. The average Bonchev–Trinajstić information content (AvgIpc) is 2.71. The van der Waals surface area contributed by atoms with Gasteiger partial charge in [-0.25, -0.2) is 0 Å². The van der Waals surface area contributed by atoms with Crippen molar-refractivity contribution < 1.29 is 4.79 Å². The standard InChI is InChI=1S/C16H19N3O/c1-18-10-14-6-7-15(11-18)19(14)16(20)13-4-2-12(3-5-13)8-9-17/h2-5,14-15H,6-8,10-11H2,1H3. The number of nitriles is 1. The lowest BCUT2D eigenvalue weighted by Gasteiger charge is -2.39. The number of nitrogens with zero attached hydrogens (tertiary/aromatic N) is 3. The molecule has 2 bridgehead atoms. The van der Waals surface area contributed by atoms with E-state index in [-0.39, 0.29) is 5.91 Å². The van der Waals surface area contributed by atoms with E-state index in [0.29, 0.717) is 18.5 Å². The van der Waals surface area contributed by atoms with Crippen LogP contribution in [0.4, 0.5) is 0 Å². The first-order valence-corrected chi connectivity index (χ1v) is 7.16. The third-order valence-electron chi connectivity index (χ3n) is 4.38. The van der Waals surface area contributed by atoms with Gasteiger partial charge in [0.2, 0.25) is 0 Å². The minimum atomic E-state index is 0.147. The fraction of sp³-hybridized carbons (Fsp3) is 0.500. The second-order valence-electron chi connectivity index (χ2n) is 5.85. The molecule has 4 heteroatoms. The lowest BCUT2D eigenvalue weighted by Crippen LogP contribution is -2.54. The van der Waals surface area contributed by atoms with E-state index in [1.54, 1.807) is 0 Å². The molecule has 2 unspecified atom stereocenters. The summed E-state index contributed by atoms with van der Waals surface area (Å²) in [6.07, 6.45) is 2.63. The molecule has 0 aliphatic carbocycles. The van der Waals surface area contributed by atoms with E-state index in [0.717, 1.165) is 37.1 Å². The van der Waals surface area contributed by atoms with Gasteiger partial charge in [-0.2, -0.15) is 5.26 Å². The minimum absolute atomic E-state index is 0.147. The topological polar surface area (TPSA) is 47.3 Å². The predicted molar refractivity (Wildman–Crippen MR) is 76.2 cm³/mol. The second-order valence-corrected chi connectivity index (χ2v) is 5.85. The van der Waals surface area contributed by atoms with E-state index in [1.807, 2.05) is 24.3 Å². The van der Waals surface area contributed by atoms with Gasteiger partial charge in [-0.05, 0) is 37.6 Å². The monoisotopic (exact) mass is 269 g/mol. The van der Waals surface area contributed by atoms with E-state index in [4.69, 9.17) is 5.26 Å². The third-order valence-corrected chi connectivity index (χ3v) is 4.38. The van der Waals surface area contributed by atoms with Crippen LogP contribution in [0.1, 0.15) is 28.8 Å². The van der Waals surface area contributed by atoms with Crippen LogP contribution in [-0.4, -0.2) is 47.9 Å². The molecule has 2 aliphatic heterocycles. The minimum Gasteiger partial charge on any atom is -0.330 e. The number of hydrogen-bond acceptors (Lipinski definition) is 3. The van der Waals surface area contributed by atoms with Gasteiger partial charge in [-0.3, -0.25) is 4.79 Å². The molecule has 104 valence electrons. The van der Waals surface area contributed by atoms with Gasteiger partial charge in [0.25, 0.3) is 5.91 Å². The van der Waals surface area contributed by atoms with Crippen LogP contribution in [0.15, 0.2) is 24.3 Å². The van der Waals surface area contributed by atoms with Crippen molar-refractivity contribution in [1.82, 2.24) is 9.80 Å². The molecule has 2 atom stereocenters. The van der Waals surface area contributed by atoms with Crippen LogP contribution in [0, 0.1) is 11.3 Å². The Morgan fingerprint density at radius 1 is 1.25 bits per heavy atom. The zero-order valence-electron chi connectivity index (χ0n) is 11.7. The Kier molecular flexibility index (Phi) is 3.45. The summed E-state index contributed by atoms with van der Waals surface area (Å²) in [6.45, 7) is 1.96. The highest BCUT2D eigenvalue weighted by atomic mass is 16.2. The lowest BCUT2D eigenvalue weighted by atomic mass is 10.1. The predicted octanol–water partition coefficient (Wildman–Crippen LogP) is 1.67. The molecule has 4 nitrogen and oxygen atoms in total. The molecule has 1 aromatic rings. The van der Waals surface area contributed by atoms with Gasteiger partial charge in [-0.15, -0.1) is 0 Å². The first-order valence-electron chi connectivity index (χ1n) is 7.16. The number of piperazine rings is 1. The molecule has 0 spiro atoms. The number of carbonyl (C=O) groups excluding carboxylic acids is 1. The van der Waals surface area contributed by atoms with E-state index in [2.05, 4.69) is 22.9 Å². The van der Waals surface area contributed by atoms with Crippen LogP contribution in [0.3, 0.4) is 0 Å². The number of amides is 1. The third kappa shape index (κ3) is 2.30. The molecule has 0 aromatic heterocycles. The van der Waals surface area contributed by atoms with Crippen molar-refractivity contribution in [2.45, 2.75) is 31.3 Å². The Balaban J connectivity index is 1.78. The number of hydrogen-bond donors (Lipinski definition) is 0. The van der Waals surface area contributed by atoms with Crippen LogP contribution in [0.25, 0.3) is 0 Å². The number of benzene rings is 1. The van der Waals surface area contributed by atoms with Crippen molar-refractivity contribution in [3.05, 3.63) is 35.4 Å². The van der Waals surface area contributed by atoms with E-state index in [1.165, 1.54) is 0 Å². The molecule has 2 fully saturated rings. The maximum Gasteiger partial charge on any atom is 0.254 e. The number of fused-ring (bicyclic) bond motifs is 2. The molecule has 3 rings (SSSR count). The summed E-state index contributed by atoms with van der Waals surface area (Å²) in [5.74, 6) is 0.147. The summed E-state index contributed by atoms with van der Waals surface area (Å²) in [6, 6.07) is 10.3. The van der Waals surface area contributed by atoms with Crippen LogP contribution < -0.4 is 0 Å². The SMILES string of the molecule is CN1CC2CCC(C1)N2C(=O)c1ccc(CC#N)cc1. The van der Waals surface area contributed by atoms with Crippen LogP contribution in [0.2, 0.25) is 0 Å². The molecular weight excluding hydrogens is 250 g/mol. The Morgan fingerprint density at radius 2 is 1.85 bits per heavy atom. The summed E-state index contributed by atoms with van der Waals surface area (Å²) < 4.78 is 0. The summed E-state index contributed by atoms with van der Waals surface area (Å²) in [7, 11) is 2.13. The zero-order chi connectivity index (χ0) is 14.1. The van der Waals surface area contributed by atoms with Gasteiger partial charge in [0.05, 0.1) is 12.5 Å². The summed E-state index contributed by atoms with van der Waals surface area (Å²) in [5, 5.41) is 8.67. The fourth-order valence-electron chi connectivity index (χ4n) is 3.45. The van der Waals surface area contributed by atoms with E-state index < -0.39 is 0 Å². The summed E-state index contributed by atoms with van der Waals surface area (Å²) in [5.41, 5.74) is 1.71. The first-order chi connectivity index (χ1) is 9.69. The molecule has 2 heterocycles. The number of likely N-dealkylation sites (tertiary alicyclic amines) is 1. The van der Waals surface area contributed by atoms with Crippen molar-refractivity contribution in [2.24, 2.45) is 0 Å². The number of likely N-dealkylation sites (N-methyl/N-ethyl adjacent to an activating group) is 1. The normalized spacial score (nSPS) is 25.5. The molecule has 2 aliphatic rings. The van der Waals surface area contributed by atoms with Gasteiger partial charge >= 0.3 is 0 Å². The molecule has 0 saturated carbocycles. The Morgan fingerprint density at radius 3 is 2.40 bits per heavy atom. The van der Waals surface area contributed by atoms with Crippen molar-refractivity contribution in [2.75, 3.05) is 20.1 Å². The van der Waals surface area contributed by atoms with Gasteiger partial charge in [0.1, 0.15) is 0 Å². The van der Waals surface area contributed by atoms with Crippen molar-refractivity contribution in [1.29, 1.82) is 5.26 Å². The number of rotatable bonds is 2. The molecule has 1 aromatic carbocycles. The highest BCUT2D eigenvalue weighted by molar-refractivity contribution is 5.95. The second kappa shape index (κ2) is 5.26. The van der Waals surface area contributed by atoms with Crippen molar-refractivity contribution in [3.63, 3.8) is 0 Å². The number of carbonyl (C=O) groups is 1. The highest BCUT2D eigenvalue weighted by Crippen LogP contribution is 2.31. The van der Waals surface area contributed by atoms with Crippen molar-refractivity contribution >= 4 is 5.91 Å². The largest absolute Gasteiger partial charge is 0.330 e. The molecule has 1 amide bonds. The summed E-state index contributed by atoms with van der Waals surface area (Å²) >= 11 is 0. The Labute approximate surface area is 119 Å². The molecule has 0 radical (unpaired) electrons. The molecule has 0 N–H and O–H groups in total. The van der Waals surface area contributed by atoms with Gasteiger partial charge in [-0.1, -0.05) is 12.1 Å². The first kappa shape index (κ1) is 13.1. The van der Waals surface area contributed by atoms with E-state index >= 15 is 0 Å². The van der Waals surface area contributed by atoms with E-state index in [9.17, 15) is 4.79 Å². The van der Waals surface area contributed by atoms with Gasteiger partial charge in [0.15, 0.2) is 0 Å². The Bertz CT molecular complexity index is 532. The molecular formula is C16H19N3O. The van der Waals surface area contributed by atoms with Crippen molar-refractivity contribution in [3.8, 4) is 6.07 Å². The molecule has 20 heavy (non-hydrogen) atoms. The average molecular weight is 269 g/mol. The van der Waals surface area contributed by atoms with Crippen LogP contribution in [-0.2, 0) is 6.42 Å². The van der Waals surface area contributed by atoms with Gasteiger partial charge < -0.3 is 9.80 Å². The van der Waals surface area contributed by atoms with Gasteiger partial charge in [0, 0.05) is 30.7 Å². The highest BCUT2D eigenvalue weighted by Gasteiger charge is 2.41. The smallest absolute Gasteiger partial charge is 0.254 e. The fourth-order valence-corrected chi connectivity index (χ4v) is 3.45. The maximum atomic E-state index is 12.7. The molecule has 2 saturated heterocycles. The maximum absolute atomic E-state index is 12.7. The van der Waals surface area contributed by atoms with Crippen LogP contribution >= 0.6 is 0 Å².